The Kier molecular flexibility index (Phi) is 5.57. The SMILES string of the molecule is CC1(O)CN(c2ccc(Cl)cc2F)CCC1(O)COc1ccc(F)c2c1CCC(=O)N2. The number of hydrogen-bond acceptors (Lipinski definition) is 5. The van der Waals surface area contributed by atoms with E-state index in [0.29, 0.717) is 17.7 Å². The van der Waals surface area contributed by atoms with Crippen LogP contribution in [0.25, 0.3) is 0 Å². The fourth-order valence-corrected chi connectivity index (χ4v) is 4.27. The van der Waals surface area contributed by atoms with E-state index in [1.807, 2.05) is 0 Å². The molecule has 4 rings (SSSR count). The Labute approximate surface area is 183 Å². The summed E-state index contributed by atoms with van der Waals surface area (Å²) in [5.74, 6) is -0.997. The second kappa shape index (κ2) is 7.93. The molecular weight excluding hydrogens is 430 g/mol. The smallest absolute Gasteiger partial charge is 0.224 e. The number of anilines is 2. The molecule has 6 nitrogen and oxygen atoms in total. The van der Waals surface area contributed by atoms with Gasteiger partial charge in [-0.05, 0) is 50.1 Å². The topological polar surface area (TPSA) is 82.0 Å². The lowest BCUT2D eigenvalue weighted by Crippen LogP contribution is -2.66. The number of nitrogens with one attached hydrogen (secondary N) is 1. The van der Waals surface area contributed by atoms with Crippen LogP contribution in [0.4, 0.5) is 20.2 Å². The predicted octanol–water partition coefficient (Wildman–Crippen LogP) is 3.27. The number of halogens is 3. The highest BCUT2D eigenvalue weighted by Gasteiger charge is 2.51. The first-order chi connectivity index (χ1) is 14.6. The summed E-state index contributed by atoms with van der Waals surface area (Å²) in [5.41, 5.74) is -2.35. The van der Waals surface area contributed by atoms with Gasteiger partial charge in [0.15, 0.2) is 0 Å². The third-order valence-corrected chi connectivity index (χ3v) is 6.33. The number of carbonyl (C=O) groups is 1. The number of amides is 1. The molecule has 2 heterocycles. The third-order valence-electron chi connectivity index (χ3n) is 6.10. The zero-order chi connectivity index (χ0) is 22.4. The first-order valence-electron chi connectivity index (χ1n) is 9.98. The number of carbonyl (C=O) groups excluding carboxylic acids is 1. The van der Waals surface area contributed by atoms with Crippen LogP contribution in [-0.4, -0.2) is 47.0 Å². The van der Waals surface area contributed by atoms with Crippen molar-refractivity contribution >= 4 is 28.9 Å². The Morgan fingerprint density at radius 2 is 1.97 bits per heavy atom. The van der Waals surface area contributed by atoms with E-state index in [1.54, 1.807) is 11.0 Å². The highest BCUT2D eigenvalue weighted by molar-refractivity contribution is 6.30. The van der Waals surface area contributed by atoms with Crippen LogP contribution in [0.5, 0.6) is 5.75 Å². The largest absolute Gasteiger partial charge is 0.490 e. The number of benzene rings is 2. The average Bonchev–Trinajstić information content (AvgIpc) is 2.70. The third kappa shape index (κ3) is 4.07. The molecule has 2 aromatic rings. The highest BCUT2D eigenvalue weighted by Crippen LogP contribution is 2.38. The van der Waals surface area contributed by atoms with Crippen LogP contribution in [0.2, 0.25) is 5.02 Å². The summed E-state index contributed by atoms with van der Waals surface area (Å²) in [7, 11) is 0. The number of nitrogens with zero attached hydrogens (tertiary/aromatic N) is 1. The molecule has 1 amide bonds. The van der Waals surface area contributed by atoms with Crippen LogP contribution in [0.1, 0.15) is 25.3 Å². The second-order valence-corrected chi connectivity index (χ2v) is 8.75. The number of piperidine rings is 1. The summed E-state index contributed by atoms with van der Waals surface area (Å²) in [6, 6.07) is 6.94. The highest BCUT2D eigenvalue weighted by atomic mass is 35.5. The molecule has 2 aliphatic heterocycles. The molecule has 0 bridgehead atoms. The molecule has 0 saturated carbocycles. The number of ether oxygens (including phenoxy) is 1. The monoisotopic (exact) mass is 452 g/mol. The lowest BCUT2D eigenvalue weighted by atomic mass is 9.78. The van der Waals surface area contributed by atoms with Crippen molar-refractivity contribution in [1.82, 2.24) is 0 Å². The zero-order valence-electron chi connectivity index (χ0n) is 16.9. The van der Waals surface area contributed by atoms with Gasteiger partial charge in [0.25, 0.3) is 0 Å². The van der Waals surface area contributed by atoms with Gasteiger partial charge in [-0.1, -0.05) is 11.6 Å². The molecule has 2 unspecified atom stereocenters. The molecule has 0 radical (unpaired) electrons. The van der Waals surface area contributed by atoms with Gasteiger partial charge in [0.05, 0.1) is 11.4 Å². The van der Waals surface area contributed by atoms with Crippen molar-refractivity contribution < 1.29 is 28.5 Å². The molecule has 0 aliphatic carbocycles. The molecule has 2 aliphatic rings. The van der Waals surface area contributed by atoms with Crippen molar-refractivity contribution in [2.24, 2.45) is 0 Å². The predicted molar refractivity (Wildman–Crippen MR) is 113 cm³/mol. The van der Waals surface area contributed by atoms with Crippen molar-refractivity contribution in [2.45, 2.75) is 37.4 Å². The molecule has 2 atom stereocenters. The van der Waals surface area contributed by atoms with Crippen LogP contribution in [-0.2, 0) is 11.2 Å². The van der Waals surface area contributed by atoms with Gasteiger partial charge in [0, 0.05) is 30.1 Å². The minimum Gasteiger partial charge on any atom is -0.490 e. The van der Waals surface area contributed by atoms with Crippen molar-refractivity contribution in [2.75, 3.05) is 29.9 Å². The summed E-state index contributed by atoms with van der Waals surface area (Å²) in [4.78, 5) is 13.2. The van der Waals surface area contributed by atoms with E-state index in [1.165, 1.54) is 31.2 Å². The second-order valence-electron chi connectivity index (χ2n) is 8.31. The maximum atomic E-state index is 14.3. The first-order valence-corrected chi connectivity index (χ1v) is 10.4. The molecule has 0 spiro atoms. The quantitative estimate of drug-likeness (QED) is 0.663. The maximum absolute atomic E-state index is 14.3. The van der Waals surface area contributed by atoms with Gasteiger partial charge < -0.3 is 25.2 Å². The van der Waals surface area contributed by atoms with Crippen LogP contribution < -0.4 is 15.0 Å². The molecular formula is C22H23ClF2N2O4. The van der Waals surface area contributed by atoms with Gasteiger partial charge in [-0.25, -0.2) is 8.78 Å². The molecule has 1 saturated heterocycles. The fraction of sp³-hybridized carbons (Fsp3) is 0.409. The van der Waals surface area contributed by atoms with Crippen LogP contribution in [0, 0.1) is 11.6 Å². The summed E-state index contributed by atoms with van der Waals surface area (Å²) in [6.07, 6.45) is 0.630. The van der Waals surface area contributed by atoms with E-state index < -0.39 is 22.8 Å². The number of rotatable bonds is 4. The molecule has 3 N–H and O–H groups in total. The Morgan fingerprint density at radius 3 is 2.68 bits per heavy atom. The fourth-order valence-electron chi connectivity index (χ4n) is 4.11. The van der Waals surface area contributed by atoms with Crippen molar-refractivity contribution in [3.63, 3.8) is 0 Å². The van der Waals surface area contributed by atoms with Gasteiger partial charge in [-0.2, -0.15) is 0 Å². The van der Waals surface area contributed by atoms with E-state index >= 15 is 0 Å². The van der Waals surface area contributed by atoms with Gasteiger partial charge in [-0.3, -0.25) is 4.79 Å². The number of β-amino-alcohol motifs (C(OH)–C–C–N with tert-alkyl or cyclic N) is 1. The van der Waals surface area contributed by atoms with Crippen LogP contribution >= 0.6 is 11.6 Å². The Morgan fingerprint density at radius 1 is 1.19 bits per heavy atom. The van der Waals surface area contributed by atoms with E-state index in [2.05, 4.69) is 5.32 Å². The molecule has 1 fully saturated rings. The first kappa shape index (κ1) is 21.8. The van der Waals surface area contributed by atoms with E-state index in [0.717, 1.165) is 0 Å². The van der Waals surface area contributed by atoms with Gasteiger partial charge in [0.2, 0.25) is 5.91 Å². The average molecular weight is 453 g/mol. The Bertz CT molecular complexity index is 1030. The van der Waals surface area contributed by atoms with Crippen LogP contribution in [0.3, 0.4) is 0 Å². The van der Waals surface area contributed by atoms with Crippen molar-refractivity contribution in [1.29, 1.82) is 0 Å². The molecule has 0 aromatic heterocycles. The maximum Gasteiger partial charge on any atom is 0.224 e. The molecule has 166 valence electrons. The molecule has 31 heavy (non-hydrogen) atoms. The minimum absolute atomic E-state index is 0.0248. The Hall–Kier alpha value is -2.42. The van der Waals surface area contributed by atoms with E-state index in [4.69, 9.17) is 16.3 Å². The van der Waals surface area contributed by atoms with Crippen molar-refractivity contribution in [3.8, 4) is 5.75 Å². The summed E-state index contributed by atoms with van der Waals surface area (Å²) in [5, 5.41) is 25.0. The van der Waals surface area contributed by atoms with Gasteiger partial charge in [0.1, 0.15) is 35.2 Å². The molecule has 2 aromatic carbocycles. The standard InChI is InChI=1S/C22H23ClF2N2O4/c1-21(29)11-27(17-5-2-13(23)10-16(17)25)9-8-22(21,30)12-31-18-6-4-15(24)20-14(18)3-7-19(28)26-20/h2,4-6,10,29-30H,3,7-9,11-12H2,1H3,(H,26,28). The minimum atomic E-state index is -1.62. The summed E-state index contributed by atoms with van der Waals surface area (Å²) >= 11 is 5.81. The molecule has 9 heteroatoms. The van der Waals surface area contributed by atoms with Crippen molar-refractivity contribution in [3.05, 3.63) is 52.6 Å². The van der Waals surface area contributed by atoms with Crippen LogP contribution in [0.15, 0.2) is 30.3 Å². The Balaban J connectivity index is 1.51. The normalized spacial score (nSPS) is 25.7. The zero-order valence-corrected chi connectivity index (χ0v) is 17.7. The lowest BCUT2D eigenvalue weighted by Gasteiger charge is -2.49. The number of fused-ring (bicyclic) bond motifs is 1. The summed E-state index contributed by atoms with van der Waals surface area (Å²) < 4.78 is 34.2. The lowest BCUT2D eigenvalue weighted by molar-refractivity contribution is -0.166. The van der Waals surface area contributed by atoms with E-state index in [-0.39, 0.29) is 54.8 Å². The van der Waals surface area contributed by atoms with E-state index in [9.17, 15) is 23.8 Å². The van der Waals surface area contributed by atoms with Gasteiger partial charge in [-0.15, -0.1) is 0 Å². The number of aliphatic hydroxyl groups is 2. The van der Waals surface area contributed by atoms with Gasteiger partial charge >= 0.3 is 0 Å². The number of hydrogen-bond donors (Lipinski definition) is 3. The summed E-state index contributed by atoms with van der Waals surface area (Å²) in [6.45, 7) is 1.48.